The van der Waals surface area contributed by atoms with Gasteiger partial charge in [-0.25, -0.2) is 4.79 Å². The Morgan fingerprint density at radius 3 is 1.03 bits per heavy atom. The van der Waals surface area contributed by atoms with Gasteiger partial charge in [0.05, 0.1) is 6.04 Å². The molecular formula is C62H116N18O15S. The predicted molar refractivity (Wildman–Crippen MR) is 365 cm³/mol. The molecule has 0 aromatic heterocycles. The van der Waals surface area contributed by atoms with Crippen molar-refractivity contribution in [1.82, 2.24) is 53.2 Å². The first kappa shape index (κ1) is 88.6. The van der Waals surface area contributed by atoms with E-state index in [9.17, 15) is 72.5 Å². The van der Waals surface area contributed by atoms with Crippen LogP contribution in [-0.2, 0) is 62.3 Å². The number of carboxylic acids is 2. The molecule has 0 aromatic carbocycles. The number of aliphatic carboxylic acids is 2. The molecule has 550 valence electrons. The van der Waals surface area contributed by atoms with Gasteiger partial charge in [-0.1, -0.05) is 55.4 Å². The molecule has 0 aliphatic rings. The zero-order valence-electron chi connectivity index (χ0n) is 57.7. The van der Waals surface area contributed by atoms with Crippen LogP contribution in [-0.4, -0.2) is 198 Å². The Balaban J connectivity index is 7.07. The number of nitrogens with zero attached hydrogens (tertiary/aromatic N) is 1. The molecule has 0 saturated heterocycles. The second-order valence-corrected chi connectivity index (χ2v) is 26.6. The van der Waals surface area contributed by atoms with E-state index in [2.05, 4.69) is 58.2 Å². The Bertz CT molecular complexity index is 2510. The highest BCUT2D eigenvalue weighted by molar-refractivity contribution is 7.98. The van der Waals surface area contributed by atoms with Crippen LogP contribution < -0.4 is 93.3 Å². The maximum atomic E-state index is 14.5. The summed E-state index contributed by atoms with van der Waals surface area (Å²) in [6.07, 6.45) is 2.86. The third-order valence-electron chi connectivity index (χ3n) is 15.1. The summed E-state index contributed by atoms with van der Waals surface area (Å²) in [5, 5.41) is 45.9. The number of aliphatic imine (C=N–C) groups is 1. The van der Waals surface area contributed by atoms with Crippen LogP contribution in [0, 0.1) is 23.7 Å². The Hall–Kier alpha value is -7.43. The van der Waals surface area contributed by atoms with Crippen molar-refractivity contribution in [1.29, 1.82) is 0 Å². The largest absolute Gasteiger partial charge is 0.481 e. The van der Waals surface area contributed by atoms with Crippen molar-refractivity contribution < 1.29 is 72.5 Å². The van der Waals surface area contributed by atoms with Gasteiger partial charge in [0.25, 0.3) is 0 Å². The van der Waals surface area contributed by atoms with Gasteiger partial charge in [-0.3, -0.25) is 62.5 Å². The topological polar surface area (TPSA) is 577 Å². The zero-order valence-corrected chi connectivity index (χ0v) is 58.5. The first-order valence-electron chi connectivity index (χ1n) is 33.3. The number of amides is 11. The van der Waals surface area contributed by atoms with Gasteiger partial charge in [-0.15, -0.1) is 0 Å². The molecule has 0 bridgehead atoms. The number of rotatable bonds is 53. The SMILES string of the molecule is CSCC[C@H](NC(=O)[C@H](CCCCN)NC(=O)[C@@H](NC(=O)[C@@H](N)CCCN=C(N)N)C(C)C)C(=O)N[C@@H](CCC(=O)O)C(=O)N[C@@H](CCCCN)C(=O)N[C@@H](CC(C)C)C(=O)N[C@@H](CC(C)C)C(=O)N[C@@H](CCC(N)=O)C(=O)N[C@@H](CC(C)C)C(=O)N[C@@H](CCCCN)C(=O)O. The van der Waals surface area contributed by atoms with Crippen molar-refractivity contribution in [2.24, 2.45) is 68.8 Å². The van der Waals surface area contributed by atoms with Crippen molar-refractivity contribution in [3.63, 3.8) is 0 Å². The van der Waals surface area contributed by atoms with E-state index in [1.54, 1.807) is 61.6 Å². The monoisotopic (exact) mass is 1380 g/mol. The number of nitrogens with one attached hydrogen (secondary N) is 10. The number of carbonyl (C=O) groups excluding carboxylic acids is 11. The summed E-state index contributed by atoms with van der Waals surface area (Å²) in [7, 11) is 0. The molecule has 0 rings (SSSR count). The molecule has 0 aliphatic heterocycles. The number of carbonyl (C=O) groups is 13. The first-order chi connectivity index (χ1) is 45.1. The Morgan fingerprint density at radius 1 is 0.385 bits per heavy atom. The maximum absolute atomic E-state index is 14.5. The van der Waals surface area contributed by atoms with Crippen LogP contribution in [0.2, 0.25) is 0 Å². The molecule has 11 amide bonds. The lowest BCUT2D eigenvalue weighted by molar-refractivity contribution is -0.142. The molecule has 0 spiro atoms. The molecule has 0 fully saturated rings. The molecule has 0 unspecified atom stereocenters. The van der Waals surface area contributed by atoms with Crippen LogP contribution in [0.3, 0.4) is 0 Å². The van der Waals surface area contributed by atoms with Crippen LogP contribution >= 0.6 is 11.8 Å². The van der Waals surface area contributed by atoms with Crippen LogP contribution in [0.1, 0.15) is 177 Å². The molecule has 0 heterocycles. The van der Waals surface area contributed by atoms with E-state index in [1.807, 2.05) is 0 Å². The summed E-state index contributed by atoms with van der Waals surface area (Å²) in [6.45, 7) is 14.9. The molecule has 0 aliphatic carbocycles. The van der Waals surface area contributed by atoms with Crippen LogP contribution in [0.4, 0.5) is 0 Å². The van der Waals surface area contributed by atoms with Crippen molar-refractivity contribution >= 4 is 94.6 Å². The summed E-state index contributed by atoms with van der Waals surface area (Å²) in [4.78, 5) is 181. The predicted octanol–water partition coefficient (Wildman–Crippen LogP) is -2.64. The molecule has 96 heavy (non-hydrogen) atoms. The summed E-state index contributed by atoms with van der Waals surface area (Å²) >= 11 is 1.33. The fourth-order valence-corrected chi connectivity index (χ4v) is 10.3. The minimum absolute atomic E-state index is 0.0107. The molecule has 0 aromatic rings. The first-order valence-corrected chi connectivity index (χ1v) is 34.7. The van der Waals surface area contributed by atoms with Gasteiger partial charge in [-0.05, 0) is 164 Å². The third-order valence-corrected chi connectivity index (χ3v) is 15.8. The Morgan fingerprint density at radius 2 is 0.708 bits per heavy atom. The van der Waals surface area contributed by atoms with Gasteiger partial charge < -0.3 is 104 Å². The van der Waals surface area contributed by atoms with E-state index < -0.39 is 169 Å². The number of thioether (sulfide) groups is 1. The molecule has 0 radical (unpaired) electrons. The Kier molecular flexibility index (Phi) is 45.3. The van der Waals surface area contributed by atoms with E-state index in [0.29, 0.717) is 50.8 Å². The van der Waals surface area contributed by atoms with Crippen LogP contribution in [0.15, 0.2) is 4.99 Å². The minimum atomic E-state index is -1.63. The summed E-state index contributed by atoms with van der Waals surface area (Å²) in [6, 6.07) is -14.7. The molecule has 11 atom stereocenters. The van der Waals surface area contributed by atoms with Crippen LogP contribution in [0.5, 0.6) is 0 Å². The van der Waals surface area contributed by atoms with E-state index in [4.69, 9.17) is 40.1 Å². The van der Waals surface area contributed by atoms with Crippen molar-refractivity contribution in [2.45, 2.75) is 244 Å². The molecule has 26 N–H and O–H groups in total. The van der Waals surface area contributed by atoms with Gasteiger partial charge in [0.1, 0.15) is 60.4 Å². The highest BCUT2D eigenvalue weighted by Crippen LogP contribution is 2.16. The Labute approximate surface area is 569 Å². The second-order valence-electron chi connectivity index (χ2n) is 25.6. The van der Waals surface area contributed by atoms with E-state index in [0.717, 1.165) is 0 Å². The lowest BCUT2D eigenvalue weighted by Crippen LogP contribution is -2.61. The standard InChI is InChI=1S/C62H116N18O15S/c1-34(2)31-45(57(90)73-41(21-23-48(67)81)55(88)78-46(32-35(3)4)58(91)76-44(61(94)95)20-12-15-28-65)79-59(92)47(33-36(5)6)77-53(86)39(18-10-13-26-63)71-54(87)42(22-24-49(82)83)72-56(89)43(25-30-96-9)74-52(85)40(19-11-14-27-64)75-60(93)50(37(7)8)80-51(84)38(66)17-16-29-70-62(68)69/h34-47,50H,10-33,63-66H2,1-9H3,(H2,67,81)(H,71,87)(H,72,89)(H,73,90)(H,74,85)(H,75,93)(H,76,91)(H,77,86)(H,78,88)(H,79,92)(H,80,84)(H,82,83)(H,94,95)(H4,68,69,70)/t38-,39-,40-,41-,42-,43-,44-,45-,46-,47-,50-/m0/s1. The highest BCUT2D eigenvalue weighted by Gasteiger charge is 2.37. The number of guanidine groups is 1. The van der Waals surface area contributed by atoms with Gasteiger partial charge >= 0.3 is 11.9 Å². The average Bonchev–Trinajstić information content (AvgIpc) is 0.920. The maximum Gasteiger partial charge on any atom is 0.326 e. The molecular weight excluding hydrogens is 1270 g/mol. The van der Waals surface area contributed by atoms with Gasteiger partial charge in [0.2, 0.25) is 65.0 Å². The van der Waals surface area contributed by atoms with Crippen molar-refractivity contribution in [3.8, 4) is 0 Å². The normalized spacial score (nSPS) is 14.8. The third kappa shape index (κ3) is 38.3. The number of unbranched alkanes of at least 4 members (excludes halogenated alkanes) is 3. The number of primary amides is 1. The van der Waals surface area contributed by atoms with E-state index >= 15 is 0 Å². The molecule has 0 saturated carbocycles. The van der Waals surface area contributed by atoms with Gasteiger partial charge in [0.15, 0.2) is 5.96 Å². The van der Waals surface area contributed by atoms with E-state index in [1.165, 1.54) is 11.8 Å². The lowest BCUT2D eigenvalue weighted by atomic mass is 9.98. The quantitative estimate of drug-likeness (QED) is 0.0168. The fourth-order valence-electron chi connectivity index (χ4n) is 9.86. The van der Waals surface area contributed by atoms with Gasteiger partial charge in [-0.2, -0.15) is 11.8 Å². The van der Waals surface area contributed by atoms with Crippen molar-refractivity contribution in [2.75, 3.05) is 38.2 Å². The minimum Gasteiger partial charge on any atom is -0.481 e. The van der Waals surface area contributed by atoms with Gasteiger partial charge in [0, 0.05) is 19.4 Å². The van der Waals surface area contributed by atoms with E-state index in [-0.39, 0.29) is 108 Å². The number of hydrogen-bond donors (Lipinski definition) is 19. The average molecular weight is 1390 g/mol. The zero-order chi connectivity index (χ0) is 73.2. The second kappa shape index (κ2) is 49.1. The molecule has 33 nitrogen and oxygen atoms in total. The smallest absolute Gasteiger partial charge is 0.326 e. The summed E-state index contributed by atoms with van der Waals surface area (Å²) in [5.74, 6) is -12.9. The fraction of sp³-hybridized carbons (Fsp3) is 0.774. The molecule has 34 heteroatoms. The number of hydrogen-bond acceptors (Lipinski definition) is 19. The van der Waals surface area contributed by atoms with Crippen LogP contribution in [0.25, 0.3) is 0 Å². The highest BCUT2D eigenvalue weighted by atomic mass is 32.2. The summed E-state index contributed by atoms with van der Waals surface area (Å²) in [5.41, 5.74) is 39.5. The van der Waals surface area contributed by atoms with Crippen molar-refractivity contribution in [3.05, 3.63) is 0 Å². The number of nitrogens with two attached hydrogens (primary N) is 7. The lowest BCUT2D eigenvalue weighted by Gasteiger charge is -2.29. The summed E-state index contributed by atoms with van der Waals surface area (Å²) < 4.78 is 0. The number of carboxylic acid groups (broad SMARTS) is 2.